The van der Waals surface area contributed by atoms with Gasteiger partial charge < -0.3 is 10.1 Å². The lowest BCUT2D eigenvalue weighted by Crippen LogP contribution is -2.17. The van der Waals surface area contributed by atoms with Crippen LogP contribution >= 0.6 is 0 Å². The molecule has 2 heteroatoms. The molecule has 0 radical (unpaired) electrons. The highest BCUT2D eigenvalue weighted by Gasteiger charge is 2.04. The largest absolute Gasteiger partial charge is 0.489 e. The molecule has 3 rings (SSSR count). The van der Waals surface area contributed by atoms with Gasteiger partial charge in [0.2, 0.25) is 0 Å². The maximum atomic E-state index is 5.94. The first-order valence-corrected chi connectivity index (χ1v) is 8.76. The highest BCUT2D eigenvalue weighted by Crippen LogP contribution is 2.17. The van der Waals surface area contributed by atoms with Crippen LogP contribution in [0.1, 0.15) is 35.2 Å². The molecule has 1 N–H and O–H groups in total. The second kappa shape index (κ2) is 8.50. The van der Waals surface area contributed by atoms with E-state index in [1.807, 2.05) is 12.1 Å². The average Bonchev–Trinajstić information content (AvgIpc) is 2.67. The summed E-state index contributed by atoms with van der Waals surface area (Å²) < 4.78 is 5.94. The second-order valence-corrected chi connectivity index (χ2v) is 6.43. The number of benzene rings is 3. The topological polar surface area (TPSA) is 21.3 Å². The minimum absolute atomic E-state index is 0.318. The van der Waals surface area contributed by atoms with E-state index in [4.69, 9.17) is 4.74 Å². The first-order chi connectivity index (χ1) is 12.2. The van der Waals surface area contributed by atoms with E-state index in [0.717, 1.165) is 12.3 Å². The number of hydrogen-bond donors (Lipinski definition) is 1. The van der Waals surface area contributed by atoms with E-state index in [1.54, 1.807) is 0 Å². The molecule has 0 saturated carbocycles. The minimum atomic E-state index is 0.318. The van der Waals surface area contributed by atoms with Crippen molar-refractivity contribution in [3.05, 3.63) is 101 Å². The van der Waals surface area contributed by atoms with Crippen LogP contribution in [0, 0.1) is 6.92 Å². The summed E-state index contributed by atoms with van der Waals surface area (Å²) in [4.78, 5) is 0. The average molecular weight is 331 g/mol. The maximum absolute atomic E-state index is 5.94. The van der Waals surface area contributed by atoms with Gasteiger partial charge in [-0.05, 0) is 42.7 Å². The van der Waals surface area contributed by atoms with Crippen LogP contribution in [0.2, 0.25) is 0 Å². The lowest BCUT2D eigenvalue weighted by atomic mass is 10.1. The highest BCUT2D eigenvalue weighted by atomic mass is 16.5. The standard InChI is InChI=1S/C23H25NO/c1-18-11-13-20(14-12-18)17-25-23-10-6-7-21(15-23)16-24-19(2)22-8-4-3-5-9-22/h3-15,19,24H,16-17H2,1-2H3. The molecule has 0 heterocycles. The van der Waals surface area contributed by atoms with Crippen LogP contribution in [-0.2, 0) is 13.2 Å². The monoisotopic (exact) mass is 331 g/mol. The molecule has 2 nitrogen and oxygen atoms in total. The van der Waals surface area contributed by atoms with Crippen molar-refractivity contribution in [2.45, 2.75) is 33.0 Å². The Labute approximate surface area is 150 Å². The molecule has 0 bridgehead atoms. The van der Waals surface area contributed by atoms with Crippen LogP contribution in [0.4, 0.5) is 0 Å². The van der Waals surface area contributed by atoms with Crippen molar-refractivity contribution in [3.63, 3.8) is 0 Å². The molecule has 1 unspecified atom stereocenters. The molecular formula is C23H25NO. The van der Waals surface area contributed by atoms with Gasteiger partial charge in [-0.3, -0.25) is 0 Å². The van der Waals surface area contributed by atoms with Gasteiger partial charge in [-0.25, -0.2) is 0 Å². The van der Waals surface area contributed by atoms with E-state index in [0.29, 0.717) is 12.6 Å². The third-order valence-electron chi connectivity index (χ3n) is 4.34. The zero-order valence-electron chi connectivity index (χ0n) is 14.9. The molecule has 0 aliphatic carbocycles. The Morgan fingerprint density at radius 1 is 0.840 bits per heavy atom. The smallest absolute Gasteiger partial charge is 0.120 e. The van der Waals surface area contributed by atoms with Crippen molar-refractivity contribution < 1.29 is 4.74 Å². The molecule has 0 aromatic heterocycles. The zero-order chi connectivity index (χ0) is 17.5. The fourth-order valence-electron chi connectivity index (χ4n) is 2.73. The van der Waals surface area contributed by atoms with Gasteiger partial charge in [0, 0.05) is 12.6 Å². The quantitative estimate of drug-likeness (QED) is 0.624. The van der Waals surface area contributed by atoms with Crippen molar-refractivity contribution in [3.8, 4) is 5.75 Å². The van der Waals surface area contributed by atoms with Gasteiger partial charge in [0.1, 0.15) is 12.4 Å². The van der Waals surface area contributed by atoms with Gasteiger partial charge in [0.15, 0.2) is 0 Å². The molecule has 128 valence electrons. The molecule has 0 saturated heterocycles. The fourth-order valence-corrected chi connectivity index (χ4v) is 2.73. The van der Waals surface area contributed by atoms with Gasteiger partial charge >= 0.3 is 0 Å². The molecule has 0 aliphatic rings. The summed E-state index contributed by atoms with van der Waals surface area (Å²) in [6.45, 7) is 5.69. The molecule has 1 atom stereocenters. The summed E-state index contributed by atoms with van der Waals surface area (Å²) in [5.41, 5.74) is 4.98. The first kappa shape index (κ1) is 17.2. The summed E-state index contributed by atoms with van der Waals surface area (Å²) >= 11 is 0. The van der Waals surface area contributed by atoms with Crippen LogP contribution in [-0.4, -0.2) is 0 Å². The van der Waals surface area contributed by atoms with Crippen LogP contribution in [0.25, 0.3) is 0 Å². The molecule has 0 fully saturated rings. The molecule has 0 aliphatic heterocycles. The lowest BCUT2D eigenvalue weighted by Gasteiger charge is -2.15. The highest BCUT2D eigenvalue weighted by molar-refractivity contribution is 5.29. The van der Waals surface area contributed by atoms with E-state index in [1.165, 1.54) is 22.3 Å². The van der Waals surface area contributed by atoms with Gasteiger partial charge in [-0.2, -0.15) is 0 Å². The Morgan fingerprint density at radius 3 is 2.36 bits per heavy atom. The number of nitrogens with one attached hydrogen (secondary N) is 1. The molecular weight excluding hydrogens is 306 g/mol. The Bertz CT molecular complexity index is 781. The van der Waals surface area contributed by atoms with Gasteiger partial charge in [-0.15, -0.1) is 0 Å². The van der Waals surface area contributed by atoms with E-state index in [2.05, 4.69) is 85.9 Å². The van der Waals surface area contributed by atoms with Gasteiger partial charge in [0.05, 0.1) is 0 Å². The van der Waals surface area contributed by atoms with E-state index < -0.39 is 0 Å². The number of hydrogen-bond acceptors (Lipinski definition) is 2. The first-order valence-electron chi connectivity index (χ1n) is 8.76. The molecule has 0 spiro atoms. The normalized spacial score (nSPS) is 11.9. The summed E-state index contributed by atoms with van der Waals surface area (Å²) in [6.07, 6.45) is 0. The second-order valence-electron chi connectivity index (χ2n) is 6.43. The van der Waals surface area contributed by atoms with Crippen LogP contribution < -0.4 is 10.1 Å². The predicted octanol–water partition coefficient (Wildman–Crippen LogP) is 5.42. The molecule has 0 amide bonds. The van der Waals surface area contributed by atoms with Gasteiger partial charge in [-0.1, -0.05) is 72.3 Å². The van der Waals surface area contributed by atoms with E-state index in [9.17, 15) is 0 Å². The van der Waals surface area contributed by atoms with E-state index in [-0.39, 0.29) is 0 Å². The van der Waals surface area contributed by atoms with E-state index >= 15 is 0 Å². The van der Waals surface area contributed by atoms with Gasteiger partial charge in [0.25, 0.3) is 0 Å². The third-order valence-corrected chi connectivity index (χ3v) is 4.34. The van der Waals surface area contributed by atoms with Crippen molar-refractivity contribution in [2.24, 2.45) is 0 Å². The van der Waals surface area contributed by atoms with Crippen LogP contribution in [0.5, 0.6) is 5.75 Å². The van der Waals surface area contributed by atoms with Crippen LogP contribution in [0.15, 0.2) is 78.9 Å². The third kappa shape index (κ3) is 5.20. The Hall–Kier alpha value is -2.58. The summed E-state index contributed by atoms with van der Waals surface area (Å²) in [6, 6.07) is 27.6. The SMILES string of the molecule is Cc1ccc(COc2cccc(CNC(C)c3ccccc3)c2)cc1. The molecule has 3 aromatic rings. The van der Waals surface area contributed by atoms with Crippen molar-refractivity contribution in [1.29, 1.82) is 0 Å². The maximum Gasteiger partial charge on any atom is 0.120 e. The molecule has 25 heavy (non-hydrogen) atoms. The minimum Gasteiger partial charge on any atom is -0.489 e. The fraction of sp³-hybridized carbons (Fsp3) is 0.217. The number of rotatable bonds is 7. The van der Waals surface area contributed by atoms with Crippen molar-refractivity contribution in [2.75, 3.05) is 0 Å². The summed E-state index contributed by atoms with van der Waals surface area (Å²) in [5, 5.41) is 3.57. The Kier molecular flexibility index (Phi) is 5.86. The zero-order valence-corrected chi connectivity index (χ0v) is 14.9. The number of ether oxygens (including phenoxy) is 1. The summed E-state index contributed by atoms with van der Waals surface area (Å²) in [5.74, 6) is 0.909. The van der Waals surface area contributed by atoms with Crippen molar-refractivity contribution >= 4 is 0 Å². The molecule has 3 aromatic carbocycles. The number of aryl methyl sites for hydroxylation is 1. The Morgan fingerprint density at radius 2 is 1.60 bits per heavy atom. The predicted molar refractivity (Wildman–Crippen MR) is 104 cm³/mol. The lowest BCUT2D eigenvalue weighted by molar-refractivity contribution is 0.306. The summed E-state index contributed by atoms with van der Waals surface area (Å²) in [7, 11) is 0. The van der Waals surface area contributed by atoms with Crippen molar-refractivity contribution in [1.82, 2.24) is 5.32 Å². The Balaban J connectivity index is 1.55. The van der Waals surface area contributed by atoms with Crippen LogP contribution in [0.3, 0.4) is 0 Å².